The third kappa shape index (κ3) is 3.50. The van der Waals surface area contributed by atoms with Crippen LogP contribution in [0.25, 0.3) is 0 Å². The van der Waals surface area contributed by atoms with Gasteiger partial charge in [0.1, 0.15) is 0 Å². The van der Waals surface area contributed by atoms with Crippen molar-refractivity contribution in [3.8, 4) is 0 Å². The maximum atomic E-state index is 3.82. The molecule has 0 aliphatic carbocycles. The van der Waals surface area contributed by atoms with Crippen LogP contribution < -0.4 is 0 Å². The first-order valence-electron chi connectivity index (χ1n) is 6.29. The molecule has 1 aromatic heterocycles. The molecule has 1 aromatic carbocycles. The molecule has 3 heteroatoms. The van der Waals surface area contributed by atoms with E-state index in [1.807, 2.05) is 0 Å². The highest BCUT2D eigenvalue weighted by atomic mass is 79.9. The minimum atomic E-state index is 0.210. The molecule has 0 nitrogen and oxygen atoms in total. The molecular formula is C16H18Br2S. The Bertz CT molecular complexity index is 561. The Morgan fingerprint density at radius 3 is 2.11 bits per heavy atom. The van der Waals surface area contributed by atoms with E-state index in [9.17, 15) is 0 Å². The summed E-state index contributed by atoms with van der Waals surface area (Å²) in [5, 5.41) is 0. The van der Waals surface area contributed by atoms with Crippen LogP contribution in [0.4, 0.5) is 0 Å². The summed E-state index contributed by atoms with van der Waals surface area (Å²) >= 11 is 9.16. The molecule has 1 unspecified atom stereocenters. The fourth-order valence-corrected chi connectivity index (χ4v) is 4.72. The van der Waals surface area contributed by atoms with E-state index in [4.69, 9.17) is 0 Å². The van der Waals surface area contributed by atoms with Crippen LogP contribution in [-0.2, 0) is 5.41 Å². The molecule has 0 spiro atoms. The van der Waals surface area contributed by atoms with Gasteiger partial charge < -0.3 is 0 Å². The van der Waals surface area contributed by atoms with Crippen molar-refractivity contribution >= 4 is 43.2 Å². The second-order valence-corrected chi connectivity index (χ2v) is 9.35. The van der Waals surface area contributed by atoms with Crippen molar-refractivity contribution in [2.24, 2.45) is 0 Å². The monoisotopic (exact) mass is 400 g/mol. The molecule has 0 amide bonds. The lowest BCUT2D eigenvalue weighted by atomic mass is 9.86. The third-order valence-electron chi connectivity index (χ3n) is 3.27. The summed E-state index contributed by atoms with van der Waals surface area (Å²) < 4.78 is 1.19. The summed E-state index contributed by atoms with van der Waals surface area (Å²) in [5.41, 5.74) is 4.24. The van der Waals surface area contributed by atoms with Gasteiger partial charge in [-0.25, -0.2) is 0 Å². The van der Waals surface area contributed by atoms with Crippen LogP contribution in [0.1, 0.15) is 47.2 Å². The van der Waals surface area contributed by atoms with Crippen molar-refractivity contribution in [3.63, 3.8) is 0 Å². The standard InChI is InChI=1S/C16H18Br2S/c1-10-13(9-14(17)19-10)15(18)11-5-7-12(8-6-11)16(2,3)4/h5-9,15H,1-4H3. The first kappa shape index (κ1) is 15.3. The molecule has 0 aliphatic rings. The second-order valence-electron chi connectivity index (χ2n) is 5.80. The summed E-state index contributed by atoms with van der Waals surface area (Å²) in [6, 6.07) is 11.1. The van der Waals surface area contributed by atoms with Gasteiger partial charge in [0.25, 0.3) is 0 Å². The van der Waals surface area contributed by atoms with Crippen LogP contribution in [0.5, 0.6) is 0 Å². The topological polar surface area (TPSA) is 0 Å². The van der Waals surface area contributed by atoms with Crippen LogP contribution in [0.15, 0.2) is 34.1 Å². The predicted octanol–water partition coefficient (Wildman–Crippen LogP) is 6.60. The predicted molar refractivity (Wildman–Crippen MR) is 92.7 cm³/mol. The number of hydrogen-bond acceptors (Lipinski definition) is 1. The number of hydrogen-bond donors (Lipinski definition) is 0. The number of benzene rings is 1. The first-order valence-corrected chi connectivity index (χ1v) is 8.82. The zero-order valence-electron chi connectivity index (χ0n) is 11.6. The van der Waals surface area contributed by atoms with Gasteiger partial charge in [-0.05, 0) is 51.0 Å². The van der Waals surface area contributed by atoms with Gasteiger partial charge in [-0.1, -0.05) is 61.0 Å². The lowest BCUT2D eigenvalue weighted by molar-refractivity contribution is 0.590. The number of aryl methyl sites for hydroxylation is 1. The Hall–Kier alpha value is -0.120. The molecule has 0 radical (unpaired) electrons. The lowest BCUT2D eigenvalue weighted by Gasteiger charge is -2.20. The van der Waals surface area contributed by atoms with Crippen LogP contribution in [0, 0.1) is 6.92 Å². The van der Waals surface area contributed by atoms with E-state index < -0.39 is 0 Å². The number of rotatable bonds is 2. The first-order chi connectivity index (χ1) is 8.79. The van der Waals surface area contributed by atoms with Gasteiger partial charge in [-0.2, -0.15) is 0 Å². The minimum absolute atomic E-state index is 0.210. The summed E-state index contributed by atoms with van der Waals surface area (Å²) in [6.45, 7) is 8.90. The van der Waals surface area contributed by atoms with E-state index in [0.717, 1.165) is 0 Å². The zero-order valence-corrected chi connectivity index (χ0v) is 15.6. The van der Waals surface area contributed by atoms with E-state index >= 15 is 0 Å². The minimum Gasteiger partial charge on any atom is -0.133 e. The average Bonchev–Trinajstić information content (AvgIpc) is 2.66. The van der Waals surface area contributed by atoms with E-state index in [0.29, 0.717) is 0 Å². The van der Waals surface area contributed by atoms with Crippen molar-refractivity contribution in [2.75, 3.05) is 0 Å². The quantitative estimate of drug-likeness (QED) is 0.497. The molecular weight excluding hydrogens is 384 g/mol. The maximum absolute atomic E-state index is 3.82. The molecule has 0 N–H and O–H groups in total. The Morgan fingerprint density at radius 2 is 1.68 bits per heavy atom. The van der Waals surface area contributed by atoms with Crippen molar-refractivity contribution in [2.45, 2.75) is 37.9 Å². The molecule has 102 valence electrons. The van der Waals surface area contributed by atoms with Crippen molar-refractivity contribution in [1.29, 1.82) is 0 Å². The molecule has 19 heavy (non-hydrogen) atoms. The van der Waals surface area contributed by atoms with Gasteiger partial charge in [-0.3, -0.25) is 0 Å². The van der Waals surface area contributed by atoms with Crippen molar-refractivity contribution in [3.05, 3.63) is 55.7 Å². The molecule has 2 rings (SSSR count). The molecule has 0 aliphatic heterocycles. The van der Waals surface area contributed by atoms with Gasteiger partial charge in [-0.15, -0.1) is 11.3 Å². The van der Waals surface area contributed by atoms with E-state index in [1.54, 1.807) is 11.3 Å². The lowest BCUT2D eigenvalue weighted by Crippen LogP contribution is -2.10. The van der Waals surface area contributed by atoms with E-state index in [1.165, 1.54) is 25.4 Å². The maximum Gasteiger partial charge on any atom is 0.0704 e. The summed E-state index contributed by atoms with van der Waals surface area (Å²) in [7, 11) is 0. The molecule has 0 bridgehead atoms. The largest absolute Gasteiger partial charge is 0.133 e. The highest BCUT2D eigenvalue weighted by molar-refractivity contribution is 9.11. The molecule has 0 saturated heterocycles. The van der Waals surface area contributed by atoms with Crippen LogP contribution >= 0.6 is 43.2 Å². The normalized spacial score (nSPS) is 13.6. The fourth-order valence-electron chi connectivity index (χ4n) is 2.04. The molecule has 0 fully saturated rings. The highest BCUT2D eigenvalue weighted by Gasteiger charge is 2.17. The fraction of sp³-hybridized carbons (Fsp3) is 0.375. The summed E-state index contributed by atoms with van der Waals surface area (Å²) in [6.07, 6.45) is 0. The van der Waals surface area contributed by atoms with Crippen LogP contribution in [0.2, 0.25) is 0 Å². The molecule has 1 heterocycles. The van der Waals surface area contributed by atoms with Gasteiger partial charge in [0.05, 0.1) is 8.61 Å². The number of alkyl halides is 1. The van der Waals surface area contributed by atoms with Crippen molar-refractivity contribution in [1.82, 2.24) is 0 Å². The number of thiophene rings is 1. The Balaban J connectivity index is 2.30. The Labute approximate surface area is 136 Å². The van der Waals surface area contributed by atoms with Gasteiger partial charge in [0, 0.05) is 4.88 Å². The highest BCUT2D eigenvalue weighted by Crippen LogP contribution is 2.39. The second kappa shape index (κ2) is 5.71. The van der Waals surface area contributed by atoms with Gasteiger partial charge in [0.15, 0.2) is 0 Å². The van der Waals surface area contributed by atoms with Crippen LogP contribution in [-0.4, -0.2) is 0 Å². The Morgan fingerprint density at radius 1 is 1.11 bits per heavy atom. The SMILES string of the molecule is Cc1sc(Br)cc1C(Br)c1ccc(C(C)(C)C)cc1. The smallest absolute Gasteiger partial charge is 0.0704 e. The van der Waals surface area contributed by atoms with Gasteiger partial charge >= 0.3 is 0 Å². The van der Waals surface area contributed by atoms with E-state index in [2.05, 4.69) is 89.9 Å². The number of halogens is 2. The zero-order chi connectivity index (χ0) is 14.2. The average molecular weight is 402 g/mol. The van der Waals surface area contributed by atoms with Gasteiger partial charge in [0.2, 0.25) is 0 Å². The van der Waals surface area contributed by atoms with Crippen LogP contribution in [0.3, 0.4) is 0 Å². The summed E-state index contributed by atoms with van der Waals surface area (Å²) in [4.78, 5) is 1.62. The summed E-state index contributed by atoms with van der Waals surface area (Å²) in [5.74, 6) is 0. The Kier molecular flexibility index (Phi) is 4.59. The molecule has 2 aromatic rings. The van der Waals surface area contributed by atoms with Crippen molar-refractivity contribution < 1.29 is 0 Å². The van der Waals surface area contributed by atoms with E-state index in [-0.39, 0.29) is 10.2 Å². The molecule has 1 atom stereocenters. The third-order valence-corrected chi connectivity index (χ3v) is 5.86. The molecule has 0 saturated carbocycles.